The Morgan fingerprint density at radius 2 is 2.14 bits per heavy atom. The molecule has 3 heterocycles. The van der Waals surface area contributed by atoms with Crippen molar-refractivity contribution in [3.63, 3.8) is 0 Å². The number of piperidine rings is 1. The lowest BCUT2D eigenvalue weighted by Gasteiger charge is -2.33. The number of hydrogen-bond donors (Lipinski definition) is 2. The van der Waals surface area contributed by atoms with E-state index in [1.54, 1.807) is 0 Å². The second-order valence-electron chi connectivity index (χ2n) is 9.61. The van der Waals surface area contributed by atoms with Crippen molar-refractivity contribution >= 4 is 16.8 Å². The van der Waals surface area contributed by atoms with E-state index < -0.39 is 0 Å². The number of carbonyl (C=O) groups is 1. The van der Waals surface area contributed by atoms with Crippen molar-refractivity contribution in [3.8, 4) is 23.1 Å². The van der Waals surface area contributed by atoms with Crippen LogP contribution in [0.3, 0.4) is 0 Å². The zero-order valence-corrected chi connectivity index (χ0v) is 20.0. The third-order valence-corrected chi connectivity index (χ3v) is 7.09. The van der Waals surface area contributed by atoms with Gasteiger partial charge in [0.2, 0.25) is 0 Å². The molecule has 2 aliphatic rings. The Bertz CT molecular complexity index is 1480. The van der Waals surface area contributed by atoms with Gasteiger partial charge in [-0.1, -0.05) is 12.1 Å². The van der Waals surface area contributed by atoms with Crippen LogP contribution < -0.4 is 10.1 Å². The Kier molecular flexibility index (Phi) is 5.88. The molecule has 1 aromatic heterocycles. The van der Waals surface area contributed by atoms with E-state index in [2.05, 4.69) is 38.6 Å². The van der Waals surface area contributed by atoms with E-state index in [1.165, 1.54) is 5.56 Å². The predicted molar refractivity (Wildman–Crippen MR) is 138 cm³/mol. The van der Waals surface area contributed by atoms with Gasteiger partial charge in [-0.2, -0.15) is 10.4 Å². The predicted octanol–water partition coefficient (Wildman–Crippen LogP) is 4.43. The minimum absolute atomic E-state index is 0.0651. The number of aromatic amines is 1. The first-order valence-electron chi connectivity index (χ1n) is 12.4. The highest BCUT2D eigenvalue weighted by molar-refractivity contribution is 6.01. The van der Waals surface area contributed by atoms with Crippen molar-refractivity contribution < 1.29 is 9.53 Å². The van der Waals surface area contributed by atoms with E-state index in [0.717, 1.165) is 79.0 Å². The average molecular weight is 478 g/mol. The van der Waals surface area contributed by atoms with Gasteiger partial charge in [0, 0.05) is 42.1 Å². The SMILES string of the molecule is N#Cc1cccc(CN2CCC[C@@H](NC(=O)c3ccc4[nH]nc(-c5ccc6c(c5)CCO6)c4c3)C2)c1. The molecule has 3 aromatic carbocycles. The van der Waals surface area contributed by atoms with Crippen molar-refractivity contribution in [2.45, 2.75) is 31.8 Å². The summed E-state index contributed by atoms with van der Waals surface area (Å²) in [4.78, 5) is 15.6. The van der Waals surface area contributed by atoms with Crippen LogP contribution in [0, 0.1) is 11.3 Å². The Balaban J connectivity index is 1.17. The quantitative estimate of drug-likeness (QED) is 0.444. The van der Waals surface area contributed by atoms with Gasteiger partial charge in [-0.15, -0.1) is 0 Å². The number of rotatable bonds is 5. The average Bonchev–Trinajstić information content (AvgIpc) is 3.55. The molecule has 180 valence electrons. The van der Waals surface area contributed by atoms with E-state index in [0.29, 0.717) is 11.1 Å². The topological polar surface area (TPSA) is 94.0 Å². The lowest BCUT2D eigenvalue weighted by molar-refractivity contribution is 0.0901. The normalized spacial score (nSPS) is 17.4. The molecule has 1 fully saturated rings. The third kappa shape index (κ3) is 4.43. The number of amides is 1. The van der Waals surface area contributed by atoms with Crippen molar-refractivity contribution in [2.75, 3.05) is 19.7 Å². The number of fused-ring (bicyclic) bond motifs is 2. The molecule has 1 amide bonds. The molecule has 7 nitrogen and oxygen atoms in total. The van der Waals surface area contributed by atoms with E-state index in [4.69, 9.17) is 10.00 Å². The van der Waals surface area contributed by atoms with Crippen LogP contribution in [-0.2, 0) is 13.0 Å². The highest BCUT2D eigenvalue weighted by atomic mass is 16.5. The van der Waals surface area contributed by atoms with Crippen LogP contribution in [0.1, 0.15) is 39.9 Å². The molecule has 6 rings (SSSR count). The number of nitrogens with one attached hydrogen (secondary N) is 2. The molecular formula is C29H27N5O2. The highest BCUT2D eigenvalue weighted by Crippen LogP contribution is 2.33. The summed E-state index contributed by atoms with van der Waals surface area (Å²) in [7, 11) is 0. The second kappa shape index (κ2) is 9.48. The smallest absolute Gasteiger partial charge is 0.251 e. The minimum atomic E-state index is -0.0651. The minimum Gasteiger partial charge on any atom is -0.493 e. The number of carbonyl (C=O) groups excluding carboxylic acids is 1. The molecule has 2 aliphatic heterocycles. The van der Waals surface area contributed by atoms with E-state index >= 15 is 0 Å². The standard InChI is InChI=1S/C29H27N5O2/c30-16-19-3-1-4-20(13-19)17-34-11-2-5-24(18-34)31-29(35)23-6-8-26-25(15-23)28(33-32-26)22-7-9-27-21(14-22)10-12-36-27/h1,3-4,6-9,13-15,24H,2,5,10-12,17-18H2,(H,31,35)(H,32,33)/t24-/m1/s1. The maximum atomic E-state index is 13.2. The zero-order chi connectivity index (χ0) is 24.5. The number of hydrogen-bond acceptors (Lipinski definition) is 5. The first kappa shape index (κ1) is 22.3. The van der Waals surface area contributed by atoms with Gasteiger partial charge in [-0.05, 0) is 79.0 Å². The fraction of sp³-hybridized carbons (Fsp3) is 0.276. The van der Waals surface area contributed by atoms with Crippen LogP contribution in [0.15, 0.2) is 60.7 Å². The Morgan fingerprint density at radius 3 is 3.06 bits per heavy atom. The summed E-state index contributed by atoms with van der Waals surface area (Å²) in [6.45, 7) is 3.27. The summed E-state index contributed by atoms with van der Waals surface area (Å²) in [5, 5.41) is 21.0. The molecule has 7 heteroatoms. The molecule has 0 radical (unpaired) electrons. The maximum absolute atomic E-state index is 13.2. The van der Waals surface area contributed by atoms with Crippen LogP contribution in [-0.4, -0.2) is 46.7 Å². The number of ether oxygens (including phenoxy) is 1. The Labute approximate surface area is 209 Å². The largest absolute Gasteiger partial charge is 0.493 e. The van der Waals surface area contributed by atoms with Gasteiger partial charge in [0.05, 0.1) is 29.5 Å². The highest BCUT2D eigenvalue weighted by Gasteiger charge is 2.23. The molecule has 2 N–H and O–H groups in total. The van der Waals surface area contributed by atoms with Gasteiger partial charge in [0.25, 0.3) is 5.91 Å². The van der Waals surface area contributed by atoms with E-state index in [1.807, 2.05) is 48.5 Å². The van der Waals surface area contributed by atoms with E-state index in [9.17, 15) is 4.79 Å². The fourth-order valence-electron chi connectivity index (χ4n) is 5.29. The number of nitriles is 1. The van der Waals surface area contributed by atoms with Gasteiger partial charge in [0.15, 0.2) is 0 Å². The maximum Gasteiger partial charge on any atom is 0.251 e. The summed E-state index contributed by atoms with van der Waals surface area (Å²) in [5.74, 6) is 0.877. The lowest BCUT2D eigenvalue weighted by atomic mass is 10.0. The molecule has 0 bridgehead atoms. The number of aromatic nitrogens is 2. The van der Waals surface area contributed by atoms with Gasteiger partial charge < -0.3 is 10.1 Å². The second-order valence-corrected chi connectivity index (χ2v) is 9.61. The van der Waals surface area contributed by atoms with Crippen LogP contribution in [0.25, 0.3) is 22.2 Å². The van der Waals surface area contributed by atoms with Gasteiger partial charge >= 0.3 is 0 Å². The molecule has 1 atom stereocenters. The summed E-state index contributed by atoms with van der Waals surface area (Å²) in [6, 6.07) is 21.9. The zero-order valence-electron chi connectivity index (χ0n) is 20.0. The molecule has 0 unspecified atom stereocenters. The molecular weight excluding hydrogens is 450 g/mol. The van der Waals surface area contributed by atoms with Crippen molar-refractivity contribution in [2.24, 2.45) is 0 Å². The molecule has 4 aromatic rings. The first-order valence-corrected chi connectivity index (χ1v) is 12.4. The van der Waals surface area contributed by atoms with E-state index in [-0.39, 0.29) is 11.9 Å². The number of nitrogens with zero attached hydrogens (tertiary/aromatic N) is 3. The number of H-pyrrole nitrogens is 1. The van der Waals surface area contributed by atoms with Crippen LogP contribution in [0.4, 0.5) is 0 Å². The summed E-state index contributed by atoms with van der Waals surface area (Å²) in [5.41, 5.74) is 6.40. The molecule has 0 saturated carbocycles. The summed E-state index contributed by atoms with van der Waals surface area (Å²) >= 11 is 0. The summed E-state index contributed by atoms with van der Waals surface area (Å²) < 4.78 is 5.63. The molecule has 0 aliphatic carbocycles. The monoisotopic (exact) mass is 477 g/mol. The van der Waals surface area contributed by atoms with Gasteiger partial charge in [0.1, 0.15) is 5.75 Å². The fourth-order valence-corrected chi connectivity index (χ4v) is 5.29. The Morgan fingerprint density at radius 1 is 1.19 bits per heavy atom. The van der Waals surface area contributed by atoms with Crippen LogP contribution >= 0.6 is 0 Å². The van der Waals surface area contributed by atoms with Crippen molar-refractivity contribution in [1.82, 2.24) is 20.4 Å². The van der Waals surface area contributed by atoms with Crippen LogP contribution in [0.2, 0.25) is 0 Å². The van der Waals surface area contributed by atoms with Crippen molar-refractivity contribution in [1.29, 1.82) is 5.26 Å². The van der Waals surface area contributed by atoms with Gasteiger partial charge in [-0.3, -0.25) is 14.8 Å². The third-order valence-electron chi connectivity index (χ3n) is 7.09. The first-order chi connectivity index (χ1) is 17.7. The summed E-state index contributed by atoms with van der Waals surface area (Å²) in [6.07, 6.45) is 2.88. The molecule has 36 heavy (non-hydrogen) atoms. The Hall–Kier alpha value is -4.15. The molecule has 1 saturated heterocycles. The van der Waals surface area contributed by atoms with Crippen molar-refractivity contribution in [3.05, 3.63) is 82.9 Å². The lowest BCUT2D eigenvalue weighted by Crippen LogP contribution is -2.47. The van der Waals surface area contributed by atoms with Crippen LogP contribution in [0.5, 0.6) is 5.75 Å². The molecule has 0 spiro atoms. The van der Waals surface area contributed by atoms with Gasteiger partial charge in [-0.25, -0.2) is 0 Å². The number of benzene rings is 3. The number of likely N-dealkylation sites (tertiary alicyclic amines) is 1.